The molecule has 2 aromatic heterocycles. The fourth-order valence-corrected chi connectivity index (χ4v) is 5.94. The van der Waals surface area contributed by atoms with E-state index in [9.17, 15) is 8.42 Å². The molecule has 1 saturated carbocycles. The summed E-state index contributed by atoms with van der Waals surface area (Å²) in [5, 5.41) is 7.91. The first-order valence-electron chi connectivity index (χ1n) is 11.7. The van der Waals surface area contributed by atoms with E-state index in [0.717, 1.165) is 12.8 Å². The summed E-state index contributed by atoms with van der Waals surface area (Å²) in [6, 6.07) is 5.33. The van der Waals surface area contributed by atoms with Crippen LogP contribution in [0, 0.1) is 5.41 Å². The molecule has 11 nitrogen and oxygen atoms in total. The Hall–Kier alpha value is -2.96. The lowest BCUT2D eigenvalue weighted by Crippen LogP contribution is -2.34. The zero-order chi connectivity index (χ0) is 27.0. The molecule has 0 spiro atoms. The Balaban J connectivity index is 1.77. The van der Waals surface area contributed by atoms with Crippen molar-refractivity contribution in [2.24, 2.45) is 5.41 Å². The smallest absolute Gasteiger partial charge is 0.243 e. The van der Waals surface area contributed by atoms with Gasteiger partial charge in [0.25, 0.3) is 0 Å². The van der Waals surface area contributed by atoms with Gasteiger partial charge in [-0.15, -0.1) is 10.2 Å². The molecule has 0 bridgehead atoms. The summed E-state index contributed by atoms with van der Waals surface area (Å²) in [7, 11) is 0.402. The molecule has 0 saturated heterocycles. The first-order valence-corrected chi connectivity index (χ1v) is 13.6. The number of ether oxygens (including phenoxy) is 3. The number of sulfonamides is 1. The number of halogens is 1. The number of para-hydroxylation sites is 1. The molecule has 37 heavy (non-hydrogen) atoms. The van der Waals surface area contributed by atoms with Crippen LogP contribution in [0.2, 0.25) is 5.02 Å². The van der Waals surface area contributed by atoms with Crippen molar-refractivity contribution in [3.8, 4) is 17.2 Å². The van der Waals surface area contributed by atoms with Gasteiger partial charge in [-0.1, -0.05) is 31.5 Å². The van der Waals surface area contributed by atoms with Gasteiger partial charge in [-0.25, -0.2) is 18.4 Å². The van der Waals surface area contributed by atoms with Gasteiger partial charge in [-0.05, 0) is 37.3 Å². The van der Waals surface area contributed by atoms with Crippen LogP contribution in [0.5, 0.6) is 11.5 Å². The molecule has 2 atom stereocenters. The lowest BCUT2D eigenvalue weighted by molar-refractivity contribution is 0.0950. The van der Waals surface area contributed by atoms with Crippen LogP contribution in [0.1, 0.15) is 57.3 Å². The summed E-state index contributed by atoms with van der Waals surface area (Å²) in [6.45, 7) is 5.88. The highest BCUT2D eigenvalue weighted by Gasteiger charge is 2.42. The van der Waals surface area contributed by atoms with Gasteiger partial charge in [-0.2, -0.15) is 0 Å². The second kappa shape index (κ2) is 10.4. The molecule has 4 rings (SSSR count). The topological polar surface area (TPSA) is 130 Å². The van der Waals surface area contributed by atoms with Crippen LogP contribution in [-0.4, -0.2) is 59.7 Å². The Morgan fingerprint density at radius 1 is 1.08 bits per heavy atom. The first kappa shape index (κ1) is 27.1. The van der Waals surface area contributed by atoms with E-state index in [2.05, 4.69) is 38.7 Å². The first-order chi connectivity index (χ1) is 17.5. The Morgan fingerprint density at radius 3 is 2.19 bits per heavy atom. The van der Waals surface area contributed by atoms with E-state index in [4.69, 9.17) is 25.8 Å². The van der Waals surface area contributed by atoms with E-state index in [1.165, 1.54) is 40.6 Å². The summed E-state index contributed by atoms with van der Waals surface area (Å²) in [5.41, 5.74) is 0.664. The van der Waals surface area contributed by atoms with Crippen molar-refractivity contribution in [1.29, 1.82) is 0 Å². The van der Waals surface area contributed by atoms with Crippen LogP contribution in [0.25, 0.3) is 5.69 Å². The monoisotopic (exact) mass is 550 g/mol. The lowest BCUT2D eigenvalue weighted by atomic mass is 9.64. The van der Waals surface area contributed by atoms with Crippen LogP contribution in [0.15, 0.2) is 30.6 Å². The van der Waals surface area contributed by atoms with Gasteiger partial charge >= 0.3 is 0 Å². The highest BCUT2D eigenvalue weighted by Crippen LogP contribution is 2.51. The van der Waals surface area contributed by atoms with E-state index in [0.29, 0.717) is 28.0 Å². The number of rotatable bonds is 10. The molecule has 13 heteroatoms. The molecule has 2 heterocycles. The lowest BCUT2D eigenvalue weighted by Gasteiger charge is -2.42. The number of nitrogens with one attached hydrogen (secondary N) is 1. The molecule has 1 fully saturated rings. The Kier molecular flexibility index (Phi) is 7.63. The molecule has 1 aromatic carbocycles. The third kappa shape index (κ3) is 5.36. The summed E-state index contributed by atoms with van der Waals surface area (Å²) in [6.07, 6.45) is 3.58. The second-order valence-corrected chi connectivity index (χ2v) is 12.2. The largest absolute Gasteiger partial charge is 0.494 e. The van der Waals surface area contributed by atoms with Crippen molar-refractivity contribution in [3.63, 3.8) is 0 Å². The molecule has 200 valence electrons. The van der Waals surface area contributed by atoms with Gasteiger partial charge in [0, 0.05) is 25.4 Å². The maximum atomic E-state index is 13.6. The van der Waals surface area contributed by atoms with Crippen molar-refractivity contribution in [1.82, 2.24) is 24.7 Å². The van der Waals surface area contributed by atoms with Crippen molar-refractivity contribution in [2.45, 2.75) is 50.9 Å². The molecule has 1 N–H and O–H groups in total. The number of aromatic nitrogens is 5. The van der Waals surface area contributed by atoms with Crippen LogP contribution in [0.4, 0.5) is 5.95 Å². The molecule has 3 aromatic rings. The third-order valence-electron chi connectivity index (χ3n) is 6.57. The average Bonchev–Trinajstić information content (AvgIpc) is 3.25. The van der Waals surface area contributed by atoms with Crippen molar-refractivity contribution in [3.05, 3.63) is 47.3 Å². The quantitative estimate of drug-likeness (QED) is 0.395. The number of anilines is 1. The summed E-state index contributed by atoms with van der Waals surface area (Å²) >= 11 is 5.89. The Labute approximate surface area is 221 Å². The van der Waals surface area contributed by atoms with Crippen molar-refractivity contribution >= 4 is 27.6 Å². The second-order valence-electron chi connectivity index (χ2n) is 9.77. The van der Waals surface area contributed by atoms with Crippen LogP contribution >= 0.6 is 11.6 Å². The zero-order valence-electron chi connectivity index (χ0n) is 21.6. The van der Waals surface area contributed by atoms with E-state index in [-0.39, 0.29) is 23.1 Å². The number of methoxy groups -OCH3 is 3. The van der Waals surface area contributed by atoms with Gasteiger partial charge in [0.05, 0.1) is 19.2 Å². The normalized spacial score (nSPS) is 17.1. The van der Waals surface area contributed by atoms with Crippen LogP contribution < -0.4 is 14.2 Å². The fraction of sp³-hybridized carbons (Fsp3) is 0.500. The number of nitrogens with zero attached hydrogens (tertiary/aromatic N) is 5. The minimum absolute atomic E-state index is 0.0150. The molecular weight excluding hydrogens is 520 g/mol. The van der Waals surface area contributed by atoms with Crippen molar-refractivity contribution < 1.29 is 22.6 Å². The SMILES string of the molecule is COc1cccc(OC)c1-n1c(NS(=O)(=O)[C@@H](C)[C@H](OC)c2ncc(Cl)cn2)nnc1C1CC(C)(C)C1. The van der Waals surface area contributed by atoms with Gasteiger partial charge in [0.2, 0.25) is 16.0 Å². The maximum absolute atomic E-state index is 13.6. The third-order valence-corrected chi connectivity index (χ3v) is 8.46. The molecule has 0 unspecified atom stereocenters. The highest BCUT2D eigenvalue weighted by atomic mass is 35.5. The number of benzene rings is 1. The summed E-state index contributed by atoms with van der Waals surface area (Å²) in [4.78, 5) is 8.27. The molecule has 1 aliphatic carbocycles. The Morgan fingerprint density at radius 2 is 1.68 bits per heavy atom. The van der Waals surface area contributed by atoms with E-state index in [1.54, 1.807) is 22.8 Å². The maximum Gasteiger partial charge on any atom is 0.243 e. The zero-order valence-corrected chi connectivity index (χ0v) is 23.2. The van der Waals surface area contributed by atoms with E-state index in [1.807, 2.05) is 0 Å². The summed E-state index contributed by atoms with van der Waals surface area (Å²) in [5.74, 6) is 1.88. The van der Waals surface area contributed by atoms with Gasteiger partial charge in [0.15, 0.2) is 5.82 Å². The standard InChI is InChI=1S/C24H31ClN6O5S/c1-14(20(36-6)21-26-12-16(25)13-27-21)37(32,33)30-23-29-28-22(15-10-24(2,3)11-15)31(23)19-17(34-4)8-7-9-18(19)35-5/h7-9,12-15,20H,10-11H2,1-6H3,(H,29,30)/t14-,20-/m0/s1. The van der Waals surface area contributed by atoms with Gasteiger partial charge in [0.1, 0.15) is 34.4 Å². The van der Waals surface area contributed by atoms with Crippen LogP contribution in [0.3, 0.4) is 0 Å². The minimum atomic E-state index is -4.07. The molecule has 0 radical (unpaired) electrons. The molecule has 1 aliphatic rings. The minimum Gasteiger partial charge on any atom is -0.494 e. The molecule has 0 aliphatic heterocycles. The highest BCUT2D eigenvalue weighted by molar-refractivity contribution is 7.93. The molecule has 0 amide bonds. The van der Waals surface area contributed by atoms with Gasteiger partial charge in [-0.3, -0.25) is 9.29 Å². The fourth-order valence-electron chi connectivity index (χ4n) is 4.72. The van der Waals surface area contributed by atoms with Gasteiger partial charge < -0.3 is 14.2 Å². The van der Waals surface area contributed by atoms with E-state index >= 15 is 0 Å². The predicted molar refractivity (Wildman–Crippen MR) is 139 cm³/mol. The Bertz CT molecular complexity index is 1330. The number of hydrogen-bond donors (Lipinski definition) is 1. The average molecular weight is 551 g/mol. The summed E-state index contributed by atoms with van der Waals surface area (Å²) < 4.78 is 48.2. The van der Waals surface area contributed by atoms with E-state index < -0.39 is 21.4 Å². The van der Waals surface area contributed by atoms with Crippen molar-refractivity contribution in [2.75, 3.05) is 26.1 Å². The van der Waals surface area contributed by atoms with Crippen LogP contribution in [-0.2, 0) is 14.8 Å². The number of hydrogen-bond acceptors (Lipinski definition) is 9. The molecular formula is C24H31ClN6O5S. The predicted octanol–water partition coefficient (Wildman–Crippen LogP) is 4.15.